The second-order valence-electron chi connectivity index (χ2n) is 5.85. The van der Waals surface area contributed by atoms with Crippen LogP contribution in [-0.4, -0.2) is 35.4 Å². The quantitative estimate of drug-likeness (QED) is 0.906. The van der Waals surface area contributed by atoms with E-state index < -0.39 is 0 Å². The number of nitrogens with one attached hydrogen (secondary N) is 1. The van der Waals surface area contributed by atoms with E-state index in [1.165, 1.54) is 32.1 Å². The molecule has 0 aliphatic carbocycles. The predicted octanol–water partition coefficient (Wildman–Crippen LogP) is 2.92. The topological polar surface area (TPSA) is 45.2 Å². The van der Waals surface area contributed by atoms with Gasteiger partial charge in [0.05, 0.1) is 12.6 Å². The van der Waals surface area contributed by atoms with E-state index in [0.29, 0.717) is 6.54 Å². The Hall–Kier alpha value is -1.42. The summed E-state index contributed by atoms with van der Waals surface area (Å²) in [5.74, 6) is 0.138. The van der Waals surface area contributed by atoms with Crippen molar-refractivity contribution in [3.05, 3.63) is 30.1 Å². The number of rotatable bonds is 5. The van der Waals surface area contributed by atoms with Gasteiger partial charge in [-0.1, -0.05) is 26.2 Å². The number of likely N-dealkylation sites (tertiary alicyclic amines) is 1. The molecule has 21 heavy (non-hydrogen) atoms. The largest absolute Gasteiger partial charge is 0.348 e. The summed E-state index contributed by atoms with van der Waals surface area (Å²) in [5, 5.41) is 3.16. The molecule has 1 aromatic rings. The number of hydrogen-bond acceptors (Lipinski definition) is 3. The molecule has 116 valence electrons. The van der Waals surface area contributed by atoms with Crippen LogP contribution in [-0.2, 0) is 4.79 Å². The molecular formula is C17H27N3O. The second kappa shape index (κ2) is 8.78. The van der Waals surface area contributed by atoms with Crippen molar-refractivity contribution in [2.75, 3.05) is 19.6 Å². The van der Waals surface area contributed by atoms with E-state index in [2.05, 4.69) is 22.1 Å². The van der Waals surface area contributed by atoms with E-state index >= 15 is 0 Å². The van der Waals surface area contributed by atoms with Gasteiger partial charge in [-0.2, -0.15) is 0 Å². The minimum Gasteiger partial charge on any atom is -0.348 e. The second-order valence-corrected chi connectivity index (χ2v) is 5.85. The van der Waals surface area contributed by atoms with E-state index in [1.54, 1.807) is 12.4 Å². The molecule has 1 fully saturated rings. The number of carbonyl (C=O) groups excluding carboxylic acids is 1. The van der Waals surface area contributed by atoms with Crippen molar-refractivity contribution in [1.29, 1.82) is 0 Å². The molecule has 0 radical (unpaired) electrons. The van der Waals surface area contributed by atoms with Crippen molar-refractivity contribution in [3.63, 3.8) is 0 Å². The van der Waals surface area contributed by atoms with Crippen LogP contribution in [0, 0.1) is 0 Å². The Morgan fingerprint density at radius 3 is 2.43 bits per heavy atom. The van der Waals surface area contributed by atoms with Gasteiger partial charge in [-0.15, -0.1) is 0 Å². The number of nitrogens with zero attached hydrogens (tertiary/aromatic N) is 2. The highest BCUT2D eigenvalue weighted by Gasteiger charge is 2.16. The van der Waals surface area contributed by atoms with Gasteiger partial charge >= 0.3 is 0 Å². The van der Waals surface area contributed by atoms with Gasteiger partial charge < -0.3 is 5.32 Å². The highest BCUT2D eigenvalue weighted by molar-refractivity contribution is 5.78. The Labute approximate surface area is 127 Å². The molecule has 1 atom stereocenters. The molecule has 0 saturated carbocycles. The fraction of sp³-hybridized carbons (Fsp3) is 0.647. The number of amides is 1. The molecule has 1 aliphatic heterocycles. The Kier molecular flexibility index (Phi) is 6.67. The first kappa shape index (κ1) is 16.0. The zero-order chi connectivity index (χ0) is 14.9. The van der Waals surface area contributed by atoms with Gasteiger partial charge in [0, 0.05) is 12.4 Å². The summed E-state index contributed by atoms with van der Waals surface area (Å²) >= 11 is 0. The predicted molar refractivity (Wildman–Crippen MR) is 84.9 cm³/mol. The lowest BCUT2D eigenvalue weighted by atomic mass is 10.1. The fourth-order valence-electron chi connectivity index (χ4n) is 2.93. The van der Waals surface area contributed by atoms with Gasteiger partial charge in [0.2, 0.25) is 5.91 Å². The molecule has 4 heteroatoms. The van der Waals surface area contributed by atoms with Crippen LogP contribution in [0.4, 0.5) is 0 Å². The smallest absolute Gasteiger partial charge is 0.234 e. The van der Waals surface area contributed by atoms with Crippen molar-refractivity contribution >= 4 is 5.91 Å². The monoisotopic (exact) mass is 289 g/mol. The molecule has 2 rings (SSSR count). The first-order valence-electron chi connectivity index (χ1n) is 8.21. The standard InChI is InChI=1S/C17H27N3O/c1-2-16(15-8-10-18-11-9-15)19-17(21)14-20-12-6-4-3-5-7-13-20/h8-11,16H,2-7,12-14H2,1H3,(H,19,21)/t16-/m1/s1. The summed E-state index contributed by atoms with van der Waals surface area (Å²) in [6, 6.07) is 4.05. The lowest BCUT2D eigenvalue weighted by molar-refractivity contribution is -0.123. The molecule has 1 saturated heterocycles. The van der Waals surface area contributed by atoms with Crippen LogP contribution in [0.25, 0.3) is 0 Å². The summed E-state index contributed by atoms with van der Waals surface area (Å²) in [6.07, 6.45) is 10.8. The Morgan fingerprint density at radius 2 is 1.81 bits per heavy atom. The fourth-order valence-corrected chi connectivity index (χ4v) is 2.93. The summed E-state index contributed by atoms with van der Waals surface area (Å²) in [7, 11) is 0. The van der Waals surface area contributed by atoms with Crippen LogP contribution in [0.1, 0.15) is 57.1 Å². The third kappa shape index (κ3) is 5.46. The Balaban J connectivity index is 1.84. The summed E-state index contributed by atoms with van der Waals surface area (Å²) < 4.78 is 0. The molecule has 1 aliphatic rings. The minimum absolute atomic E-state index is 0.0928. The van der Waals surface area contributed by atoms with Crippen LogP contribution in [0.3, 0.4) is 0 Å². The molecule has 0 unspecified atom stereocenters. The van der Waals surface area contributed by atoms with E-state index in [-0.39, 0.29) is 11.9 Å². The lowest BCUT2D eigenvalue weighted by Crippen LogP contribution is -2.40. The van der Waals surface area contributed by atoms with Crippen molar-refractivity contribution in [2.24, 2.45) is 0 Å². The van der Waals surface area contributed by atoms with Gasteiger partial charge in [-0.25, -0.2) is 0 Å². The Morgan fingerprint density at radius 1 is 1.19 bits per heavy atom. The van der Waals surface area contributed by atoms with Gasteiger partial charge in [-0.3, -0.25) is 14.7 Å². The number of aromatic nitrogens is 1. The number of pyridine rings is 1. The van der Waals surface area contributed by atoms with Crippen molar-refractivity contribution in [2.45, 2.75) is 51.5 Å². The highest BCUT2D eigenvalue weighted by atomic mass is 16.2. The minimum atomic E-state index is 0.0928. The van der Waals surface area contributed by atoms with Gasteiger partial charge in [0.25, 0.3) is 0 Å². The normalized spacial score (nSPS) is 18.5. The molecule has 4 nitrogen and oxygen atoms in total. The third-order valence-corrected chi connectivity index (χ3v) is 4.17. The average molecular weight is 289 g/mol. The van der Waals surface area contributed by atoms with Crippen molar-refractivity contribution < 1.29 is 4.79 Å². The van der Waals surface area contributed by atoms with Crippen molar-refractivity contribution in [1.82, 2.24) is 15.2 Å². The molecule has 1 amide bonds. The first-order valence-corrected chi connectivity index (χ1v) is 8.21. The van der Waals surface area contributed by atoms with E-state index in [1.807, 2.05) is 12.1 Å². The number of hydrogen-bond donors (Lipinski definition) is 1. The zero-order valence-corrected chi connectivity index (χ0v) is 13.1. The summed E-state index contributed by atoms with van der Waals surface area (Å²) in [5.41, 5.74) is 1.13. The van der Waals surface area contributed by atoms with E-state index in [0.717, 1.165) is 25.1 Å². The van der Waals surface area contributed by atoms with Gasteiger partial charge in [0.1, 0.15) is 0 Å². The summed E-state index contributed by atoms with van der Waals surface area (Å²) in [6.45, 7) is 4.74. The first-order chi connectivity index (χ1) is 10.3. The van der Waals surface area contributed by atoms with E-state index in [4.69, 9.17) is 0 Å². The van der Waals surface area contributed by atoms with Crippen LogP contribution in [0.15, 0.2) is 24.5 Å². The van der Waals surface area contributed by atoms with Gasteiger partial charge in [0.15, 0.2) is 0 Å². The zero-order valence-electron chi connectivity index (χ0n) is 13.1. The summed E-state index contributed by atoms with van der Waals surface area (Å²) in [4.78, 5) is 18.6. The van der Waals surface area contributed by atoms with Gasteiger partial charge in [-0.05, 0) is 50.0 Å². The maximum absolute atomic E-state index is 12.3. The van der Waals surface area contributed by atoms with Crippen LogP contribution in [0.2, 0.25) is 0 Å². The molecular weight excluding hydrogens is 262 g/mol. The maximum atomic E-state index is 12.3. The molecule has 2 heterocycles. The highest BCUT2D eigenvalue weighted by Crippen LogP contribution is 2.15. The SMILES string of the molecule is CC[C@@H](NC(=O)CN1CCCCCCC1)c1ccncc1. The van der Waals surface area contributed by atoms with Crippen LogP contribution in [0.5, 0.6) is 0 Å². The lowest BCUT2D eigenvalue weighted by Gasteiger charge is -2.25. The molecule has 1 N–H and O–H groups in total. The molecule has 1 aromatic heterocycles. The molecule has 0 bridgehead atoms. The van der Waals surface area contributed by atoms with Crippen molar-refractivity contribution in [3.8, 4) is 0 Å². The van der Waals surface area contributed by atoms with E-state index in [9.17, 15) is 4.79 Å². The average Bonchev–Trinajstić information content (AvgIpc) is 2.48. The van der Waals surface area contributed by atoms with Crippen LogP contribution >= 0.6 is 0 Å². The third-order valence-electron chi connectivity index (χ3n) is 4.17. The maximum Gasteiger partial charge on any atom is 0.234 e. The van der Waals surface area contributed by atoms with Crippen LogP contribution < -0.4 is 5.32 Å². The molecule has 0 spiro atoms. The molecule has 0 aromatic carbocycles. The Bertz CT molecular complexity index is 413. The number of carbonyl (C=O) groups is 1.